The molecule has 1 aromatic rings. The first-order valence-corrected chi connectivity index (χ1v) is 5.78. The molecule has 17 heavy (non-hydrogen) atoms. The van der Waals surface area contributed by atoms with Crippen LogP contribution in [0.1, 0.15) is 19.0 Å². The Hall–Kier alpha value is -1.60. The fraction of sp³-hybridized carbons (Fsp3) is 0.417. The van der Waals surface area contributed by atoms with Crippen molar-refractivity contribution < 1.29 is 4.79 Å². The lowest BCUT2D eigenvalue weighted by Crippen LogP contribution is -2.36. The number of alkyl halides is 1. The van der Waals surface area contributed by atoms with Gasteiger partial charge in [0, 0.05) is 12.7 Å². The summed E-state index contributed by atoms with van der Waals surface area (Å²) in [5, 5.41) is 7.98. The number of amides is 1. The second-order valence-electron chi connectivity index (χ2n) is 3.60. The van der Waals surface area contributed by atoms with Crippen LogP contribution in [0.3, 0.4) is 0 Å². The maximum Gasteiger partial charge on any atom is 0.240 e. The highest BCUT2D eigenvalue weighted by Crippen LogP contribution is 2.07. The van der Waals surface area contributed by atoms with Crippen LogP contribution in [-0.2, 0) is 11.3 Å². The first-order valence-electron chi connectivity index (χ1n) is 5.35. The summed E-state index contributed by atoms with van der Waals surface area (Å²) in [7, 11) is 0. The van der Waals surface area contributed by atoms with E-state index >= 15 is 0 Å². The molecule has 1 aromatic heterocycles. The van der Waals surface area contributed by atoms with Crippen molar-refractivity contribution in [1.82, 2.24) is 9.88 Å². The van der Waals surface area contributed by atoms with Gasteiger partial charge in [-0.05, 0) is 19.1 Å². The molecule has 0 aliphatic heterocycles. The Bertz CT molecular complexity index is 400. The Morgan fingerprint density at radius 1 is 1.65 bits per heavy atom. The predicted octanol–water partition coefficient (Wildman–Crippen LogP) is 1.95. The number of carbonyl (C=O) groups is 1. The zero-order valence-electron chi connectivity index (χ0n) is 9.64. The monoisotopic (exact) mass is 251 g/mol. The molecule has 1 amide bonds. The molecule has 0 spiro atoms. The van der Waals surface area contributed by atoms with Crippen molar-refractivity contribution in [3.8, 4) is 6.07 Å². The Morgan fingerprint density at radius 3 is 2.94 bits per heavy atom. The summed E-state index contributed by atoms with van der Waals surface area (Å²) in [5.74, 6) is -0.174. The van der Waals surface area contributed by atoms with Gasteiger partial charge in [-0.15, -0.1) is 11.6 Å². The normalized spacial score (nSPS) is 11.6. The molecule has 90 valence electrons. The third-order valence-corrected chi connectivity index (χ3v) is 2.41. The number of carbonyl (C=O) groups excluding carboxylic acids is 1. The number of pyridine rings is 1. The van der Waals surface area contributed by atoms with E-state index in [-0.39, 0.29) is 5.91 Å². The average Bonchev–Trinajstić information content (AvgIpc) is 2.34. The smallest absolute Gasteiger partial charge is 0.240 e. The lowest BCUT2D eigenvalue weighted by molar-refractivity contribution is -0.131. The molecule has 0 aliphatic rings. The van der Waals surface area contributed by atoms with Crippen LogP contribution in [0.4, 0.5) is 0 Å². The van der Waals surface area contributed by atoms with Crippen molar-refractivity contribution in [3.63, 3.8) is 0 Å². The summed E-state index contributed by atoms with van der Waals surface area (Å²) in [5.41, 5.74) is 0.788. The molecule has 1 unspecified atom stereocenters. The molecule has 0 saturated heterocycles. The maximum absolute atomic E-state index is 11.8. The summed E-state index contributed by atoms with van der Waals surface area (Å²) >= 11 is 5.77. The molecule has 0 aliphatic carbocycles. The standard InChI is InChI=1S/C12H14ClN3O/c1-10(13)12(17)16(8-4-6-14)9-11-5-2-3-7-15-11/h2-3,5,7,10H,4,8-9H2,1H3. The minimum absolute atomic E-state index is 0.174. The summed E-state index contributed by atoms with van der Waals surface area (Å²) in [6.45, 7) is 2.39. The Morgan fingerprint density at radius 2 is 2.41 bits per heavy atom. The van der Waals surface area contributed by atoms with Gasteiger partial charge >= 0.3 is 0 Å². The van der Waals surface area contributed by atoms with Gasteiger partial charge in [0.15, 0.2) is 0 Å². The van der Waals surface area contributed by atoms with Gasteiger partial charge in [0.1, 0.15) is 5.38 Å². The van der Waals surface area contributed by atoms with Crippen molar-refractivity contribution >= 4 is 17.5 Å². The van der Waals surface area contributed by atoms with Crippen molar-refractivity contribution in [2.75, 3.05) is 6.54 Å². The zero-order chi connectivity index (χ0) is 12.7. The number of hydrogen-bond acceptors (Lipinski definition) is 3. The van der Waals surface area contributed by atoms with Crippen LogP contribution in [-0.4, -0.2) is 27.7 Å². The van der Waals surface area contributed by atoms with E-state index in [4.69, 9.17) is 16.9 Å². The molecule has 1 atom stereocenters. The highest BCUT2D eigenvalue weighted by molar-refractivity contribution is 6.30. The van der Waals surface area contributed by atoms with Crippen LogP contribution in [0.5, 0.6) is 0 Å². The number of aromatic nitrogens is 1. The van der Waals surface area contributed by atoms with Gasteiger partial charge < -0.3 is 4.90 Å². The van der Waals surface area contributed by atoms with Gasteiger partial charge in [0.05, 0.1) is 24.7 Å². The SMILES string of the molecule is CC(Cl)C(=O)N(CCC#N)Cc1ccccn1. The predicted molar refractivity (Wildman–Crippen MR) is 65.2 cm³/mol. The lowest BCUT2D eigenvalue weighted by atomic mass is 10.3. The summed E-state index contributed by atoms with van der Waals surface area (Å²) in [6.07, 6.45) is 1.97. The number of nitriles is 1. The first-order chi connectivity index (χ1) is 8.15. The summed E-state index contributed by atoms with van der Waals surface area (Å²) in [6, 6.07) is 7.53. The Kier molecular flexibility index (Phi) is 5.44. The van der Waals surface area contributed by atoms with E-state index in [1.54, 1.807) is 18.0 Å². The summed E-state index contributed by atoms with van der Waals surface area (Å²) in [4.78, 5) is 17.5. The lowest BCUT2D eigenvalue weighted by Gasteiger charge is -2.22. The fourth-order valence-corrected chi connectivity index (χ4v) is 1.53. The van der Waals surface area contributed by atoms with Gasteiger partial charge in [-0.2, -0.15) is 5.26 Å². The third-order valence-electron chi connectivity index (χ3n) is 2.22. The van der Waals surface area contributed by atoms with E-state index in [1.807, 2.05) is 24.3 Å². The molecular formula is C12H14ClN3O. The van der Waals surface area contributed by atoms with Crippen LogP contribution in [0.2, 0.25) is 0 Å². The largest absolute Gasteiger partial charge is 0.334 e. The van der Waals surface area contributed by atoms with E-state index in [2.05, 4.69) is 4.98 Å². The minimum atomic E-state index is -0.586. The quantitative estimate of drug-likeness (QED) is 0.752. The number of rotatable bonds is 5. The maximum atomic E-state index is 11.8. The van der Waals surface area contributed by atoms with Crippen LogP contribution in [0.25, 0.3) is 0 Å². The van der Waals surface area contributed by atoms with Crippen LogP contribution < -0.4 is 0 Å². The van der Waals surface area contributed by atoms with Gasteiger partial charge in [-0.1, -0.05) is 6.07 Å². The minimum Gasteiger partial charge on any atom is -0.334 e. The number of nitrogens with zero attached hydrogens (tertiary/aromatic N) is 3. The zero-order valence-corrected chi connectivity index (χ0v) is 10.4. The van der Waals surface area contributed by atoms with Gasteiger partial charge in [-0.3, -0.25) is 9.78 Å². The molecule has 0 N–H and O–H groups in total. The van der Waals surface area contributed by atoms with Crippen LogP contribution in [0.15, 0.2) is 24.4 Å². The molecule has 0 saturated carbocycles. The molecule has 4 nitrogen and oxygen atoms in total. The first kappa shape index (κ1) is 13.5. The highest BCUT2D eigenvalue weighted by atomic mass is 35.5. The van der Waals surface area contributed by atoms with Crippen molar-refractivity contribution in [3.05, 3.63) is 30.1 Å². The molecule has 0 radical (unpaired) electrons. The second kappa shape index (κ2) is 6.87. The van der Waals surface area contributed by atoms with Gasteiger partial charge in [0.2, 0.25) is 5.91 Å². The van der Waals surface area contributed by atoms with Crippen molar-refractivity contribution in [2.24, 2.45) is 0 Å². The highest BCUT2D eigenvalue weighted by Gasteiger charge is 2.18. The molecule has 1 rings (SSSR count). The van der Waals surface area contributed by atoms with Gasteiger partial charge in [0.25, 0.3) is 0 Å². The fourth-order valence-electron chi connectivity index (χ4n) is 1.39. The van der Waals surface area contributed by atoms with Crippen LogP contribution in [0, 0.1) is 11.3 Å². The third kappa shape index (κ3) is 4.41. The van der Waals surface area contributed by atoms with E-state index in [0.717, 1.165) is 5.69 Å². The van der Waals surface area contributed by atoms with Crippen molar-refractivity contribution in [1.29, 1.82) is 5.26 Å². The molecule has 0 bridgehead atoms. The Balaban J connectivity index is 2.70. The second-order valence-corrected chi connectivity index (χ2v) is 4.26. The molecule has 5 heteroatoms. The van der Waals surface area contributed by atoms with Crippen molar-refractivity contribution in [2.45, 2.75) is 25.3 Å². The molecular weight excluding hydrogens is 238 g/mol. The number of halogens is 1. The van der Waals surface area contributed by atoms with Crippen LogP contribution >= 0.6 is 11.6 Å². The molecule has 1 heterocycles. The Labute approximate surface area is 106 Å². The van der Waals surface area contributed by atoms with E-state index in [1.165, 1.54) is 0 Å². The number of hydrogen-bond donors (Lipinski definition) is 0. The molecule has 0 fully saturated rings. The van der Waals surface area contributed by atoms with E-state index in [0.29, 0.717) is 19.5 Å². The van der Waals surface area contributed by atoms with Gasteiger partial charge in [-0.25, -0.2) is 0 Å². The topological polar surface area (TPSA) is 57.0 Å². The van der Waals surface area contributed by atoms with E-state index in [9.17, 15) is 4.79 Å². The summed E-state index contributed by atoms with van der Waals surface area (Å²) < 4.78 is 0. The average molecular weight is 252 g/mol. The van der Waals surface area contributed by atoms with E-state index < -0.39 is 5.38 Å². The molecule has 0 aromatic carbocycles.